The second kappa shape index (κ2) is 8.49. The first kappa shape index (κ1) is 19.7. The molecule has 0 saturated carbocycles. The van der Waals surface area contributed by atoms with E-state index in [2.05, 4.69) is 0 Å². The molecule has 0 fully saturated rings. The minimum absolute atomic E-state index is 0.120. The average molecular weight is 445 g/mol. The van der Waals surface area contributed by atoms with Crippen LogP contribution in [0.3, 0.4) is 0 Å². The number of fused-ring (bicyclic) bond motifs is 1. The molecule has 0 spiro atoms. The van der Waals surface area contributed by atoms with Crippen LogP contribution in [-0.2, 0) is 5.75 Å². The van der Waals surface area contributed by atoms with E-state index in [1.54, 1.807) is 16.7 Å². The summed E-state index contributed by atoms with van der Waals surface area (Å²) in [6.07, 6.45) is 0. The van der Waals surface area contributed by atoms with Crippen molar-refractivity contribution in [2.45, 2.75) is 10.9 Å². The highest BCUT2D eigenvalue weighted by atomic mass is 32.2. The fourth-order valence-electron chi connectivity index (χ4n) is 3.37. The summed E-state index contributed by atoms with van der Waals surface area (Å²) >= 11 is 2.86. The largest absolute Gasteiger partial charge is 0.268 e. The molecular formula is C25H17FN2OS2. The van der Waals surface area contributed by atoms with Crippen molar-refractivity contribution in [3.8, 4) is 16.1 Å². The van der Waals surface area contributed by atoms with E-state index in [4.69, 9.17) is 4.98 Å². The van der Waals surface area contributed by atoms with Gasteiger partial charge in [-0.2, -0.15) is 0 Å². The Labute approximate surface area is 186 Å². The van der Waals surface area contributed by atoms with Crippen molar-refractivity contribution in [1.82, 2.24) is 9.55 Å². The fraction of sp³-hybridized carbons (Fsp3) is 0.0400. The van der Waals surface area contributed by atoms with Gasteiger partial charge >= 0.3 is 0 Å². The Morgan fingerprint density at radius 1 is 0.903 bits per heavy atom. The predicted octanol–water partition coefficient (Wildman–Crippen LogP) is 6.55. The quantitative estimate of drug-likeness (QED) is 0.228. The zero-order valence-electron chi connectivity index (χ0n) is 16.4. The number of halogens is 1. The predicted molar refractivity (Wildman–Crippen MR) is 127 cm³/mol. The first-order valence-electron chi connectivity index (χ1n) is 9.74. The fourth-order valence-corrected chi connectivity index (χ4v) is 5.44. The molecule has 5 rings (SSSR count). The van der Waals surface area contributed by atoms with Crippen LogP contribution < -0.4 is 5.56 Å². The molecule has 2 heterocycles. The van der Waals surface area contributed by atoms with Crippen LogP contribution in [0.25, 0.3) is 26.3 Å². The minimum atomic E-state index is -0.257. The van der Waals surface area contributed by atoms with E-state index in [0.29, 0.717) is 26.7 Å². The van der Waals surface area contributed by atoms with Gasteiger partial charge in [-0.05, 0) is 35.4 Å². The molecule has 0 radical (unpaired) electrons. The van der Waals surface area contributed by atoms with E-state index >= 15 is 0 Å². The zero-order chi connectivity index (χ0) is 21.2. The molecule has 0 amide bonds. The second-order valence-corrected chi connectivity index (χ2v) is 8.92. The van der Waals surface area contributed by atoms with Crippen molar-refractivity contribution in [2.24, 2.45) is 0 Å². The van der Waals surface area contributed by atoms with Crippen molar-refractivity contribution < 1.29 is 4.39 Å². The van der Waals surface area contributed by atoms with Crippen LogP contribution in [0.2, 0.25) is 0 Å². The summed E-state index contributed by atoms with van der Waals surface area (Å²) in [5.41, 5.74) is 2.25. The summed E-state index contributed by atoms with van der Waals surface area (Å²) in [5, 5.41) is 1.14. The normalized spacial score (nSPS) is 11.1. The number of benzene rings is 3. The van der Waals surface area contributed by atoms with Gasteiger partial charge in [0.2, 0.25) is 0 Å². The number of rotatable bonds is 5. The summed E-state index contributed by atoms with van der Waals surface area (Å²) in [6.45, 7) is 0. The summed E-state index contributed by atoms with van der Waals surface area (Å²) < 4.78 is 15.8. The first-order chi connectivity index (χ1) is 15.2. The Bertz CT molecular complexity index is 1410. The molecule has 0 aliphatic carbocycles. The lowest BCUT2D eigenvalue weighted by atomic mass is 10.2. The van der Waals surface area contributed by atoms with E-state index in [0.717, 1.165) is 16.1 Å². The lowest BCUT2D eigenvalue weighted by Gasteiger charge is -2.12. The van der Waals surface area contributed by atoms with E-state index in [1.807, 2.05) is 72.8 Å². The minimum Gasteiger partial charge on any atom is -0.268 e. The van der Waals surface area contributed by atoms with Crippen molar-refractivity contribution in [3.05, 3.63) is 113 Å². The number of para-hydroxylation sites is 1. The molecule has 5 aromatic rings. The number of aromatic nitrogens is 2. The van der Waals surface area contributed by atoms with Gasteiger partial charge < -0.3 is 0 Å². The molecule has 0 atom stereocenters. The molecule has 6 heteroatoms. The Balaban J connectivity index is 1.65. The Kier molecular flexibility index (Phi) is 5.40. The third-order valence-corrected chi connectivity index (χ3v) is 6.99. The average Bonchev–Trinajstić information content (AvgIpc) is 3.24. The maximum atomic E-state index is 14.1. The monoisotopic (exact) mass is 444 g/mol. The van der Waals surface area contributed by atoms with Crippen LogP contribution in [0.1, 0.15) is 5.56 Å². The van der Waals surface area contributed by atoms with Crippen LogP contribution in [0, 0.1) is 5.82 Å². The van der Waals surface area contributed by atoms with E-state index in [-0.39, 0.29) is 11.4 Å². The second-order valence-electron chi connectivity index (χ2n) is 6.95. The van der Waals surface area contributed by atoms with E-state index in [1.165, 1.54) is 29.2 Å². The molecule has 152 valence electrons. The van der Waals surface area contributed by atoms with Gasteiger partial charge in [0.15, 0.2) is 5.16 Å². The molecule has 0 aliphatic heterocycles. The van der Waals surface area contributed by atoms with Crippen LogP contribution in [-0.4, -0.2) is 9.55 Å². The zero-order valence-corrected chi connectivity index (χ0v) is 18.0. The molecular weight excluding hydrogens is 427 g/mol. The van der Waals surface area contributed by atoms with Gasteiger partial charge in [-0.25, -0.2) is 9.37 Å². The molecule has 31 heavy (non-hydrogen) atoms. The summed E-state index contributed by atoms with van der Waals surface area (Å²) in [6, 6.07) is 28.0. The van der Waals surface area contributed by atoms with Crippen molar-refractivity contribution in [1.29, 1.82) is 0 Å². The van der Waals surface area contributed by atoms with Gasteiger partial charge in [-0.15, -0.1) is 11.3 Å². The van der Waals surface area contributed by atoms with Crippen molar-refractivity contribution in [3.63, 3.8) is 0 Å². The van der Waals surface area contributed by atoms with Gasteiger partial charge in [-0.1, -0.05) is 78.5 Å². The smallest absolute Gasteiger partial charge is 0.267 e. The van der Waals surface area contributed by atoms with Crippen LogP contribution in [0.15, 0.2) is 101 Å². The number of thioether (sulfide) groups is 1. The van der Waals surface area contributed by atoms with E-state index < -0.39 is 0 Å². The molecule has 0 N–H and O–H groups in total. The standard InChI is InChI=1S/C25H17FN2OS2/c26-21-14-8-7-11-18(21)16-30-25-27-23-20(15-22(31-23)17-9-3-1-4-10-17)24(29)28(25)19-12-5-2-6-13-19/h1-15H,16H2. The molecule has 0 bridgehead atoms. The number of hydrogen-bond acceptors (Lipinski definition) is 4. The van der Waals surface area contributed by atoms with Gasteiger partial charge in [0, 0.05) is 10.6 Å². The van der Waals surface area contributed by atoms with Gasteiger partial charge in [-0.3, -0.25) is 9.36 Å². The topological polar surface area (TPSA) is 34.9 Å². The van der Waals surface area contributed by atoms with E-state index in [9.17, 15) is 9.18 Å². The number of nitrogens with zero attached hydrogens (tertiary/aromatic N) is 2. The Morgan fingerprint density at radius 3 is 2.32 bits per heavy atom. The van der Waals surface area contributed by atoms with Crippen LogP contribution in [0.5, 0.6) is 0 Å². The molecule has 2 aromatic heterocycles. The molecule has 3 aromatic carbocycles. The van der Waals surface area contributed by atoms with Gasteiger partial charge in [0.1, 0.15) is 10.6 Å². The highest BCUT2D eigenvalue weighted by molar-refractivity contribution is 7.98. The lowest BCUT2D eigenvalue weighted by molar-refractivity contribution is 0.617. The summed E-state index contributed by atoms with van der Waals surface area (Å²) in [4.78, 5) is 20.0. The Morgan fingerprint density at radius 2 is 1.58 bits per heavy atom. The molecule has 0 unspecified atom stereocenters. The molecule has 0 saturated heterocycles. The van der Waals surface area contributed by atoms with Crippen molar-refractivity contribution >= 4 is 33.3 Å². The highest BCUT2D eigenvalue weighted by Crippen LogP contribution is 2.33. The van der Waals surface area contributed by atoms with Crippen LogP contribution >= 0.6 is 23.1 Å². The maximum Gasteiger partial charge on any atom is 0.267 e. The Hall–Kier alpha value is -3.22. The summed E-state index contributed by atoms with van der Waals surface area (Å²) in [5.74, 6) is 0.126. The number of thiophene rings is 1. The number of hydrogen-bond donors (Lipinski definition) is 0. The van der Waals surface area contributed by atoms with Crippen molar-refractivity contribution in [2.75, 3.05) is 0 Å². The maximum absolute atomic E-state index is 14.1. The lowest BCUT2D eigenvalue weighted by Crippen LogP contribution is -2.21. The van der Waals surface area contributed by atoms with Gasteiger partial charge in [0.05, 0.1) is 11.1 Å². The molecule has 3 nitrogen and oxygen atoms in total. The SMILES string of the molecule is O=c1c2cc(-c3ccccc3)sc2nc(SCc2ccccc2F)n1-c1ccccc1. The summed E-state index contributed by atoms with van der Waals surface area (Å²) in [7, 11) is 0. The third kappa shape index (κ3) is 3.92. The molecule has 0 aliphatic rings. The van der Waals surface area contributed by atoms with Gasteiger partial charge in [0.25, 0.3) is 5.56 Å². The highest BCUT2D eigenvalue weighted by Gasteiger charge is 2.17. The first-order valence-corrected chi connectivity index (χ1v) is 11.5. The van der Waals surface area contributed by atoms with Crippen LogP contribution in [0.4, 0.5) is 4.39 Å². The third-order valence-electron chi connectivity index (χ3n) is 4.92.